The molecule has 0 aromatic heterocycles. The normalized spacial score (nSPS) is 20.2. The van der Waals surface area contributed by atoms with Gasteiger partial charge in [0.1, 0.15) is 0 Å². The van der Waals surface area contributed by atoms with Gasteiger partial charge in [0.25, 0.3) is 0 Å². The van der Waals surface area contributed by atoms with Gasteiger partial charge in [-0.1, -0.05) is 77.5 Å². The van der Waals surface area contributed by atoms with Crippen LogP contribution in [0.1, 0.15) is 97.0 Å². The Morgan fingerprint density at radius 1 is 1.04 bits per heavy atom. The lowest BCUT2D eigenvalue weighted by Crippen LogP contribution is -2.41. The minimum atomic E-state index is -0.180. The smallest absolute Gasteiger partial charge is 0.0427 e. The molecule has 1 aliphatic rings. The van der Waals surface area contributed by atoms with Crippen LogP contribution in [-0.4, -0.2) is 13.1 Å². The molecule has 2 atom stereocenters. The molecule has 0 saturated carbocycles. The lowest BCUT2D eigenvalue weighted by Gasteiger charge is -2.39. The van der Waals surface area contributed by atoms with Crippen LogP contribution in [0, 0.1) is 5.92 Å². The third-order valence-corrected chi connectivity index (χ3v) is 6.37. The fourth-order valence-electron chi connectivity index (χ4n) is 4.54. The highest BCUT2D eigenvalue weighted by Crippen LogP contribution is 2.37. The molecule has 2 rings (SSSR count). The molecule has 1 aromatic rings. The van der Waals surface area contributed by atoms with E-state index in [0.717, 1.165) is 18.8 Å². The van der Waals surface area contributed by atoms with E-state index < -0.39 is 0 Å². The van der Waals surface area contributed by atoms with E-state index in [2.05, 4.69) is 49.9 Å². The van der Waals surface area contributed by atoms with Gasteiger partial charge in [-0.25, -0.2) is 0 Å². The molecule has 0 bridgehead atoms. The van der Waals surface area contributed by atoms with Gasteiger partial charge in [-0.15, -0.1) is 0 Å². The molecule has 2 nitrogen and oxygen atoms in total. The summed E-state index contributed by atoms with van der Waals surface area (Å²) in [6, 6.07) is 8.98. The Kier molecular flexibility index (Phi) is 8.98. The van der Waals surface area contributed by atoms with Crippen LogP contribution in [0.25, 0.3) is 0 Å². The first-order chi connectivity index (χ1) is 12.6. The number of unbranched alkanes of at least 4 members (excludes halogenated alkanes) is 4. The molecular weight excluding hydrogens is 316 g/mol. The number of piperidine rings is 1. The molecule has 1 saturated heterocycles. The van der Waals surface area contributed by atoms with Crippen LogP contribution in [0.5, 0.6) is 0 Å². The zero-order valence-electron chi connectivity index (χ0n) is 17.6. The van der Waals surface area contributed by atoms with Crippen molar-refractivity contribution < 1.29 is 0 Å². The van der Waals surface area contributed by atoms with E-state index in [-0.39, 0.29) is 5.54 Å². The molecule has 1 fully saturated rings. The van der Waals surface area contributed by atoms with Crippen molar-refractivity contribution in [1.82, 2.24) is 0 Å². The zero-order valence-corrected chi connectivity index (χ0v) is 17.6. The second-order valence-electron chi connectivity index (χ2n) is 8.43. The van der Waals surface area contributed by atoms with Crippen LogP contribution in [0.15, 0.2) is 24.3 Å². The number of hydrogen-bond donors (Lipinski definition) is 1. The maximum absolute atomic E-state index is 6.93. The Morgan fingerprint density at radius 3 is 2.54 bits per heavy atom. The van der Waals surface area contributed by atoms with E-state index in [1.807, 2.05) is 0 Å². The van der Waals surface area contributed by atoms with Crippen molar-refractivity contribution in [3.63, 3.8) is 0 Å². The third kappa shape index (κ3) is 5.74. The number of nitrogens with two attached hydrogens (primary N) is 1. The highest BCUT2D eigenvalue weighted by Gasteiger charge is 2.30. The first-order valence-corrected chi connectivity index (χ1v) is 11.3. The van der Waals surface area contributed by atoms with Crippen molar-refractivity contribution in [2.24, 2.45) is 11.7 Å². The van der Waals surface area contributed by atoms with Crippen molar-refractivity contribution in [1.29, 1.82) is 0 Å². The summed E-state index contributed by atoms with van der Waals surface area (Å²) in [5.74, 6) is 0.859. The fraction of sp³-hybridized carbons (Fsp3) is 0.750. The summed E-state index contributed by atoms with van der Waals surface area (Å²) in [6.07, 6.45) is 14.2. The molecule has 0 radical (unpaired) electrons. The molecule has 26 heavy (non-hydrogen) atoms. The Morgan fingerprint density at radius 2 is 1.81 bits per heavy atom. The lowest BCUT2D eigenvalue weighted by molar-refractivity contribution is 0.364. The van der Waals surface area contributed by atoms with Gasteiger partial charge in [-0.05, 0) is 49.7 Å². The van der Waals surface area contributed by atoms with Gasteiger partial charge < -0.3 is 10.6 Å². The molecule has 1 heterocycles. The van der Waals surface area contributed by atoms with E-state index in [0.29, 0.717) is 0 Å². The SMILES string of the molecule is CCCCCCC1CCCN(c2ccccc2C(N)(CC)CCCC)C1. The molecule has 2 heteroatoms. The van der Waals surface area contributed by atoms with E-state index in [1.165, 1.54) is 82.1 Å². The van der Waals surface area contributed by atoms with Crippen molar-refractivity contribution in [3.8, 4) is 0 Å². The molecule has 2 unspecified atom stereocenters. The van der Waals surface area contributed by atoms with Crippen LogP contribution in [0.4, 0.5) is 5.69 Å². The highest BCUT2D eigenvalue weighted by molar-refractivity contribution is 5.57. The molecule has 1 aliphatic heterocycles. The van der Waals surface area contributed by atoms with E-state index in [4.69, 9.17) is 5.73 Å². The first kappa shape index (κ1) is 21.3. The molecule has 0 amide bonds. The predicted octanol–water partition coefficient (Wildman–Crippen LogP) is 6.63. The van der Waals surface area contributed by atoms with Crippen LogP contribution < -0.4 is 10.6 Å². The largest absolute Gasteiger partial charge is 0.371 e. The van der Waals surface area contributed by atoms with Crippen molar-refractivity contribution in [2.75, 3.05) is 18.0 Å². The summed E-state index contributed by atoms with van der Waals surface area (Å²) in [7, 11) is 0. The maximum atomic E-state index is 6.93. The van der Waals surface area contributed by atoms with Crippen LogP contribution in [0.2, 0.25) is 0 Å². The fourth-order valence-corrected chi connectivity index (χ4v) is 4.54. The van der Waals surface area contributed by atoms with Gasteiger partial charge in [0, 0.05) is 24.3 Å². The average Bonchev–Trinajstić information content (AvgIpc) is 2.69. The Labute approximate surface area is 162 Å². The number of hydrogen-bond acceptors (Lipinski definition) is 2. The molecular formula is C24H42N2. The topological polar surface area (TPSA) is 29.3 Å². The monoisotopic (exact) mass is 358 g/mol. The summed E-state index contributed by atoms with van der Waals surface area (Å²) in [5, 5.41) is 0. The summed E-state index contributed by atoms with van der Waals surface area (Å²) >= 11 is 0. The van der Waals surface area contributed by atoms with Gasteiger partial charge in [-0.2, -0.15) is 0 Å². The summed E-state index contributed by atoms with van der Waals surface area (Å²) < 4.78 is 0. The number of benzene rings is 1. The number of anilines is 1. The predicted molar refractivity (Wildman–Crippen MR) is 116 cm³/mol. The quantitative estimate of drug-likeness (QED) is 0.450. The van der Waals surface area contributed by atoms with Gasteiger partial charge in [0.05, 0.1) is 0 Å². The maximum Gasteiger partial charge on any atom is 0.0427 e. The zero-order chi connectivity index (χ0) is 18.8. The lowest BCUT2D eigenvalue weighted by atomic mass is 9.82. The number of rotatable bonds is 11. The van der Waals surface area contributed by atoms with Crippen LogP contribution >= 0.6 is 0 Å². The summed E-state index contributed by atoms with van der Waals surface area (Å²) in [4.78, 5) is 2.65. The van der Waals surface area contributed by atoms with Crippen molar-refractivity contribution in [2.45, 2.75) is 96.9 Å². The van der Waals surface area contributed by atoms with E-state index >= 15 is 0 Å². The Bertz CT molecular complexity index is 513. The Balaban J connectivity index is 2.10. The summed E-state index contributed by atoms with van der Waals surface area (Å²) in [5.41, 5.74) is 9.54. The Hall–Kier alpha value is -1.02. The van der Waals surface area contributed by atoms with Crippen molar-refractivity contribution >= 4 is 5.69 Å². The first-order valence-electron chi connectivity index (χ1n) is 11.3. The second kappa shape index (κ2) is 11.0. The van der Waals surface area contributed by atoms with Gasteiger partial charge in [0.2, 0.25) is 0 Å². The molecule has 2 N–H and O–H groups in total. The summed E-state index contributed by atoms with van der Waals surface area (Å²) in [6.45, 7) is 9.21. The van der Waals surface area contributed by atoms with E-state index in [9.17, 15) is 0 Å². The number of para-hydroxylation sites is 1. The minimum Gasteiger partial charge on any atom is -0.371 e. The second-order valence-corrected chi connectivity index (χ2v) is 8.43. The molecule has 0 spiro atoms. The van der Waals surface area contributed by atoms with E-state index in [1.54, 1.807) is 0 Å². The molecule has 0 aliphatic carbocycles. The highest BCUT2D eigenvalue weighted by atomic mass is 15.1. The number of nitrogens with zero attached hydrogens (tertiary/aromatic N) is 1. The van der Waals surface area contributed by atoms with Crippen LogP contribution in [0.3, 0.4) is 0 Å². The third-order valence-electron chi connectivity index (χ3n) is 6.37. The molecule has 148 valence electrons. The van der Waals surface area contributed by atoms with Crippen LogP contribution in [-0.2, 0) is 5.54 Å². The minimum absolute atomic E-state index is 0.180. The standard InChI is InChI=1S/C24H42N2/c1-4-7-9-10-14-21-15-13-19-26(20-21)23-17-12-11-16-22(23)24(25,6-3)18-8-5-2/h11-12,16-17,21H,4-10,13-15,18-20,25H2,1-3H3. The average molecular weight is 359 g/mol. The van der Waals surface area contributed by atoms with Crippen molar-refractivity contribution in [3.05, 3.63) is 29.8 Å². The van der Waals surface area contributed by atoms with Gasteiger partial charge in [0.15, 0.2) is 0 Å². The van der Waals surface area contributed by atoms with Gasteiger partial charge in [-0.3, -0.25) is 0 Å². The molecule has 1 aromatic carbocycles. The van der Waals surface area contributed by atoms with Gasteiger partial charge >= 0.3 is 0 Å².